The van der Waals surface area contributed by atoms with Crippen LogP contribution in [0.3, 0.4) is 0 Å². The van der Waals surface area contributed by atoms with Crippen molar-refractivity contribution in [1.82, 2.24) is 5.32 Å². The van der Waals surface area contributed by atoms with Gasteiger partial charge in [-0.2, -0.15) is 0 Å². The molecule has 4 nitrogen and oxygen atoms in total. The average molecular weight is 292 g/mol. The van der Waals surface area contributed by atoms with Crippen LogP contribution in [0.15, 0.2) is 24.3 Å². The molecule has 0 bridgehead atoms. The SMILES string of the molecule is CCC(C)C(N)C(=O)NCC(C)Cc1ccc(OC)cc1. The normalized spacial score (nSPS) is 15.1. The quantitative estimate of drug-likeness (QED) is 0.773. The summed E-state index contributed by atoms with van der Waals surface area (Å²) in [4.78, 5) is 11.9. The van der Waals surface area contributed by atoms with Crippen LogP contribution in [0.1, 0.15) is 32.8 Å². The fraction of sp³-hybridized carbons (Fsp3) is 0.588. The Morgan fingerprint density at radius 3 is 2.43 bits per heavy atom. The van der Waals surface area contributed by atoms with Crippen LogP contribution in [-0.4, -0.2) is 25.6 Å². The van der Waals surface area contributed by atoms with Crippen molar-refractivity contribution in [1.29, 1.82) is 0 Å². The molecular weight excluding hydrogens is 264 g/mol. The number of rotatable bonds is 8. The third-order valence-electron chi connectivity index (χ3n) is 3.93. The van der Waals surface area contributed by atoms with Crippen molar-refractivity contribution in [2.75, 3.05) is 13.7 Å². The van der Waals surface area contributed by atoms with Crippen molar-refractivity contribution < 1.29 is 9.53 Å². The lowest BCUT2D eigenvalue weighted by Gasteiger charge is -2.19. The monoisotopic (exact) mass is 292 g/mol. The lowest BCUT2D eigenvalue weighted by atomic mass is 9.98. The van der Waals surface area contributed by atoms with Gasteiger partial charge >= 0.3 is 0 Å². The highest BCUT2D eigenvalue weighted by molar-refractivity contribution is 5.81. The molecule has 0 fully saturated rings. The number of amides is 1. The van der Waals surface area contributed by atoms with Crippen molar-refractivity contribution in [3.8, 4) is 5.75 Å². The fourth-order valence-corrected chi connectivity index (χ4v) is 2.14. The minimum atomic E-state index is -0.414. The van der Waals surface area contributed by atoms with Gasteiger partial charge in [0.05, 0.1) is 13.2 Å². The summed E-state index contributed by atoms with van der Waals surface area (Å²) in [7, 11) is 1.66. The second-order valence-corrected chi connectivity index (χ2v) is 5.81. The summed E-state index contributed by atoms with van der Waals surface area (Å²) in [5, 5.41) is 2.95. The molecule has 4 heteroatoms. The van der Waals surface area contributed by atoms with Crippen LogP contribution in [0.2, 0.25) is 0 Å². The molecule has 1 amide bonds. The summed E-state index contributed by atoms with van der Waals surface area (Å²) in [6.07, 6.45) is 1.83. The largest absolute Gasteiger partial charge is 0.497 e. The Morgan fingerprint density at radius 1 is 1.29 bits per heavy atom. The van der Waals surface area contributed by atoms with Gasteiger partial charge in [-0.15, -0.1) is 0 Å². The number of carbonyl (C=O) groups is 1. The molecule has 0 radical (unpaired) electrons. The zero-order valence-electron chi connectivity index (χ0n) is 13.6. The van der Waals surface area contributed by atoms with Crippen molar-refractivity contribution >= 4 is 5.91 Å². The first-order valence-corrected chi connectivity index (χ1v) is 7.64. The van der Waals surface area contributed by atoms with Gasteiger partial charge in [0.15, 0.2) is 0 Å². The number of methoxy groups -OCH3 is 1. The molecule has 3 atom stereocenters. The van der Waals surface area contributed by atoms with Crippen molar-refractivity contribution in [3.05, 3.63) is 29.8 Å². The minimum absolute atomic E-state index is 0.0501. The topological polar surface area (TPSA) is 64.4 Å². The zero-order chi connectivity index (χ0) is 15.8. The maximum atomic E-state index is 11.9. The van der Waals surface area contributed by atoms with Gasteiger partial charge in [-0.3, -0.25) is 4.79 Å². The first-order valence-electron chi connectivity index (χ1n) is 7.64. The predicted molar refractivity (Wildman–Crippen MR) is 86.3 cm³/mol. The molecule has 1 aromatic rings. The van der Waals surface area contributed by atoms with Gasteiger partial charge in [-0.25, -0.2) is 0 Å². The van der Waals surface area contributed by atoms with E-state index in [0.29, 0.717) is 12.5 Å². The standard InChI is InChI=1S/C17H28N2O2/c1-5-13(3)16(18)17(20)19-11-12(2)10-14-6-8-15(21-4)9-7-14/h6-9,12-13,16H,5,10-11,18H2,1-4H3,(H,19,20). The molecule has 0 aliphatic carbocycles. The molecule has 0 saturated heterocycles. The predicted octanol–water partition coefficient (Wildman–Crippen LogP) is 2.36. The molecule has 21 heavy (non-hydrogen) atoms. The molecular formula is C17H28N2O2. The van der Waals surface area contributed by atoms with E-state index in [1.165, 1.54) is 5.56 Å². The van der Waals surface area contributed by atoms with E-state index in [9.17, 15) is 4.79 Å². The highest BCUT2D eigenvalue weighted by Gasteiger charge is 2.19. The van der Waals surface area contributed by atoms with Crippen LogP contribution in [0, 0.1) is 11.8 Å². The molecule has 3 N–H and O–H groups in total. The highest BCUT2D eigenvalue weighted by Crippen LogP contribution is 2.14. The Labute approximate surface area is 128 Å². The zero-order valence-corrected chi connectivity index (χ0v) is 13.6. The maximum absolute atomic E-state index is 11.9. The van der Waals surface area contributed by atoms with E-state index < -0.39 is 6.04 Å². The second kappa shape index (κ2) is 8.67. The summed E-state index contributed by atoms with van der Waals surface area (Å²) >= 11 is 0. The van der Waals surface area contributed by atoms with Crippen LogP contribution in [0.5, 0.6) is 5.75 Å². The van der Waals surface area contributed by atoms with Crippen molar-refractivity contribution in [3.63, 3.8) is 0 Å². The van der Waals surface area contributed by atoms with Gasteiger partial charge in [0.1, 0.15) is 5.75 Å². The smallest absolute Gasteiger partial charge is 0.237 e. The minimum Gasteiger partial charge on any atom is -0.497 e. The molecule has 0 heterocycles. The van der Waals surface area contributed by atoms with Crippen LogP contribution in [-0.2, 0) is 11.2 Å². The van der Waals surface area contributed by atoms with Crippen LogP contribution < -0.4 is 15.8 Å². The summed E-state index contributed by atoms with van der Waals surface area (Å²) in [6.45, 7) is 6.82. The van der Waals surface area contributed by atoms with E-state index >= 15 is 0 Å². The van der Waals surface area contributed by atoms with Gasteiger partial charge in [-0.05, 0) is 36.0 Å². The molecule has 3 unspecified atom stereocenters. The van der Waals surface area contributed by atoms with E-state index in [2.05, 4.69) is 24.4 Å². The Balaban J connectivity index is 2.39. The Morgan fingerprint density at radius 2 is 1.90 bits per heavy atom. The fourth-order valence-electron chi connectivity index (χ4n) is 2.14. The number of benzene rings is 1. The second-order valence-electron chi connectivity index (χ2n) is 5.81. The van der Waals surface area contributed by atoms with Gasteiger partial charge in [0.25, 0.3) is 0 Å². The van der Waals surface area contributed by atoms with Gasteiger partial charge in [-0.1, -0.05) is 39.3 Å². The Hall–Kier alpha value is -1.55. The van der Waals surface area contributed by atoms with Crippen LogP contribution in [0.4, 0.5) is 0 Å². The van der Waals surface area contributed by atoms with Crippen LogP contribution >= 0.6 is 0 Å². The maximum Gasteiger partial charge on any atom is 0.237 e. The van der Waals surface area contributed by atoms with E-state index in [4.69, 9.17) is 10.5 Å². The molecule has 0 aliphatic rings. The van der Waals surface area contributed by atoms with Gasteiger partial charge < -0.3 is 15.8 Å². The summed E-state index contributed by atoms with van der Waals surface area (Å²) in [5.74, 6) is 1.39. The molecule has 0 aromatic heterocycles. The average Bonchev–Trinajstić information content (AvgIpc) is 2.51. The molecule has 1 rings (SSSR count). The highest BCUT2D eigenvalue weighted by atomic mass is 16.5. The number of ether oxygens (including phenoxy) is 1. The first-order chi connectivity index (χ1) is 9.97. The number of carbonyl (C=O) groups excluding carboxylic acids is 1. The van der Waals surface area contributed by atoms with Crippen molar-refractivity contribution in [2.45, 2.75) is 39.7 Å². The Kier molecular flexibility index (Phi) is 7.23. The van der Waals surface area contributed by atoms with E-state index in [1.807, 2.05) is 26.0 Å². The molecule has 118 valence electrons. The summed E-state index contributed by atoms with van der Waals surface area (Å²) in [6, 6.07) is 7.62. The molecule has 1 aromatic carbocycles. The molecule has 0 aliphatic heterocycles. The van der Waals surface area contributed by atoms with Gasteiger partial charge in [0.2, 0.25) is 5.91 Å². The van der Waals surface area contributed by atoms with E-state index in [1.54, 1.807) is 7.11 Å². The Bertz CT molecular complexity index is 431. The number of nitrogens with one attached hydrogen (secondary N) is 1. The van der Waals surface area contributed by atoms with Crippen LogP contribution in [0.25, 0.3) is 0 Å². The van der Waals surface area contributed by atoms with E-state index in [-0.39, 0.29) is 11.8 Å². The number of hydrogen-bond acceptors (Lipinski definition) is 3. The van der Waals surface area contributed by atoms with E-state index in [0.717, 1.165) is 18.6 Å². The lowest BCUT2D eigenvalue weighted by molar-refractivity contribution is -0.123. The number of nitrogens with two attached hydrogens (primary N) is 1. The first kappa shape index (κ1) is 17.5. The third-order valence-corrected chi connectivity index (χ3v) is 3.93. The molecule has 0 saturated carbocycles. The summed E-state index contributed by atoms with van der Waals surface area (Å²) < 4.78 is 5.14. The summed E-state index contributed by atoms with van der Waals surface area (Å²) in [5.41, 5.74) is 7.16. The number of hydrogen-bond donors (Lipinski definition) is 2. The van der Waals surface area contributed by atoms with Gasteiger partial charge in [0, 0.05) is 6.54 Å². The molecule has 0 spiro atoms. The van der Waals surface area contributed by atoms with Crippen molar-refractivity contribution in [2.24, 2.45) is 17.6 Å². The third kappa shape index (κ3) is 5.76. The lowest BCUT2D eigenvalue weighted by Crippen LogP contribution is -2.45.